The van der Waals surface area contributed by atoms with Gasteiger partial charge in [-0.05, 0) is 37.8 Å². The second-order valence-corrected chi connectivity index (χ2v) is 7.53. The number of H-pyrrole nitrogens is 1. The molecule has 27 heavy (non-hydrogen) atoms. The number of aromatic nitrogens is 4. The van der Waals surface area contributed by atoms with Crippen molar-refractivity contribution in [2.45, 2.75) is 38.8 Å². The van der Waals surface area contributed by atoms with Crippen molar-refractivity contribution in [3.63, 3.8) is 0 Å². The van der Waals surface area contributed by atoms with E-state index < -0.39 is 11.2 Å². The molecule has 3 aromatic rings. The minimum atomic E-state index is -0.465. The highest BCUT2D eigenvalue weighted by Crippen LogP contribution is 2.28. The fourth-order valence-electron chi connectivity index (χ4n) is 3.78. The average Bonchev–Trinajstić information content (AvgIpc) is 3.02. The molecule has 0 bridgehead atoms. The zero-order valence-corrected chi connectivity index (χ0v) is 16.2. The van der Waals surface area contributed by atoms with Crippen molar-refractivity contribution >= 4 is 28.7 Å². The van der Waals surface area contributed by atoms with Gasteiger partial charge >= 0.3 is 5.69 Å². The molecule has 1 saturated heterocycles. The van der Waals surface area contributed by atoms with Crippen LogP contribution in [-0.4, -0.2) is 31.7 Å². The molecule has 0 aliphatic carbocycles. The van der Waals surface area contributed by atoms with Crippen molar-refractivity contribution in [3.8, 4) is 0 Å². The van der Waals surface area contributed by atoms with Gasteiger partial charge < -0.3 is 4.90 Å². The summed E-state index contributed by atoms with van der Waals surface area (Å²) in [6.45, 7) is 3.45. The Hall–Kier alpha value is -2.54. The summed E-state index contributed by atoms with van der Waals surface area (Å²) in [7, 11) is 1.62. The van der Waals surface area contributed by atoms with Gasteiger partial charge in [0, 0.05) is 24.7 Å². The van der Waals surface area contributed by atoms with E-state index in [1.165, 1.54) is 11.0 Å². The van der Waals surface area contributed by atoms with Crippen LogP contribution < -0.4 is 16.1 Å². The third-order valence-corrected chi connectivity index (χ3v) is 5.70. The highest BCUT2D eigenvalue weighted by Gasteiger charge is 2.26. The summed E-state index contributed by atoms with van der Waals surface area (Å²) in [6.07, 6.45) is 3.33. The molecule has 1 fully saturated rings. The van der Waals surface area contributed by atoms with Crippen LogP contribution in [0.1, 0.15) is 31.7 Å². The van der Waals surface area contributed by atoms with E-state index in [4.69, 9.17) is 16.6 Å². The number of hydrogen-bond donors (Lipinski definition) is 1. The Morgan fingerprint density at radius 3 is 2.78 bits per heavy atom. The van der Waals surface area contributed by atoms with Crippen LogP contribution in [0.15, 0.2) is 33.9 Å². The van der Waals surface area contributed by atoms with Gasteiger partial charge in [0.25, 0.3) is 5.56 Å². The zero-order valence-electron chi connectivity index (χ0n) is 15.4. The van der Waals surface area contributed by atoms with E-state index in [-0.39, 0.29) is 0 Å². The van der Waals surface area contributed by atoms with Gasteiger partial charge in [0.2, 0.25) is 5.95 Å². The molecule has 3 heterocycles. The molecular formula is C19H22ClN5O2. The summed E-state index contributed by atoms with van der Waals surface area (Å²) in [5.41, 5.74) is 0.794. The Bertz CT molecular complexity index is 1110. The lowest BCUT2D eigenvalue weighted by atomic mass is 10.0. The third kappa shape index (κ3) is 3.06. The SMILES string of the molecule is CC1CCCCN1c1nc2c(c(=O)[nH]c(=O)n2C)n1Cc1ccccc1Cl. The molecule has 0 radical (unpaired) electrons. The van der Waals surface area contributed by atoms with Crippen LogP contribution in [0.2, 0.25) is 5.02 Å². The van der Waals surface area contributed by atoms with Crippen molar-refractivity contribution < 1.29 is 0 Å². The Morgan fingerprint density at radius 2 is 2.04 bits per heavy atom. The maximum Gasteiger partial charge on any atom is 0.329 e. The summed E-state index contributed by atoms with van der Waals surface area (Å²) < 4.78 is 3.27. The lowest BCUT2D eigenvalue weighted by Gasteiger charge is -2.34. The van der Waals surface area contributed by atoms with Gasteiger partial charge in [0.15, 0.2) is 11.2 Å². The molecule has 8 heteroatoms. The van der Waals surface area contributed by atoms with Crippen LogP contribution in [0.25, 0.3) is 11.2 Å². The number of rotatable bonds is 3. The van der Waals surface area contributed by atoms with E-state index in [2.05, 4.69) is 16.8 Å². The molecule has 1 aliphatic heterocycles. The standard InChI is InChI=1S/C19H22ClN5O2/c1-12-7-5-6-10-24(12)18-21-16-15(17(26)22-19(27)23(16)2)25(18)11-13-8-3-4-9-14(13)20/h3-4,8-9,12H,5-7,10-11H2,1-2H3,(H,22,26,27). The lowest BCUT2D eigenvalue weighted by molar-refractivity contribution is 0.472. The number of aryl methyl sites for hydroxylation is 1. The van der Waals surface area contributed by atoms with Gasteiger partial charge in [-0.2, -0.15) is 4.98 Å². The average molecular weight is 388 g/mol. The summed E-state index contributed by atoms with van der Waals surface area (Å²) >= 11 is 6.37. The molecule has 142 valence electrons. The van der Waals surface area contributed by atoms with Gasteiger partial charge in [-0.25, -0.2) is 4.79 Å². The molecule has 0 saturated carbocycles. The molecule has 1 aromatic carbocycles. The number of aromatic amines is 1. The van der Waals surface area contributed by atoms with Crippen LogP contribution in [0, 0.1) is 0 Å². The van der Waals surface area contributed by atoms with Crippen molar-refractivity contribution in [1.29, 1.82) is 0 Å². The number of hydrogen-bond acceptors (Lipinski definition) is 4. The van der Waals surface area contributed by atoms with Gasteiger partial charge in [-0.15, -0.1) is 0 Å². The summed E-state index contributed by atoms with van der Waals surface area (Å²) in [5.74, 6) is 0.712. The van der Waals surface area contributed by atoms with Crippen LogP contribution in [0.4, 0.5) is 5.95 Å². The van der Waals surface area contributed by atoms with Gasteiger partial charge in [-0.1, -0.05) is 29.8 Å². The summed E-state index contributed by atoms with van der Waals surface area (Å²) in [5, 5.41) is 0.637. The number of piperidine rings is 1. The van der Waals surface area contributed by atoms with E-state index in [1.54, 1.807) is 7.05 Å². The van der Waals surface area contributed by atoms with Crippen molar-refractivity contribution in [3.05, 3.63) is 55.7 Å². The molecule has 0 spiro atoms. The maximum absolute atomic E-state index is 12.6. The van der Waals surface area contributed by atoms with E-state index in [9.17, 15) is 9.59 Å². The first-order chi connectivity index (χ1) is 13.0. The van der Waals surface area contributed by atoms with Gasteiger partial charge in [-0.3, -0.25) is 18.9 Å². The minimum Gasteiger partial charge on any atom is -0.339 e. The quantitative estimate of drug-likeness (QED) is 0.749. The fraction of sp³-hybridized carbons (Fsp3) is 0.421. The fourth-order valence-corrected chi connectivity index (χ4v) is 3.98. The maximum atomic E-state index is 12.6. The first kappa shape index (κ1) is 17.9. The van der Waals surface area contributed by atoms with Crippen LogP contribution in [0.3, 0.4) is 0 Å². The predicted molar refractivity (Wildman–Crippen MR) is 107 cm³/mol. The first-order valence-corrected chi connectivity index (χ1v) is 9.54. The number of fused-ring (bicyclic) bond motifs is 1. The van der Waals surface area contributed by atoms with Gasteiger partial charge in [0.05, 0.1) is 6.54 Å². The largest absolute Gasteiger partial charge is 0.339 e. The van der Waals surface area contributed by atoms with Crippen LogP contribution >= 0.6 is 11.6 Å². The van der Waals surface area contributed by atoms with E-state index in [0.717, 1.165) is 24.9 Å². The molecule has 1 N–H and O–H groups in total. The smallest absolute Gasteiger partial charge is 0.329 e. The number of imidazole rings is 1. The number of benzene rings is 1. The topological polar surface area (TPSA) is 75.9 Å². The number of nitrogens with zero attached hydrogens (tertiary/aromatic N) is 4. The summed E-state index contributed by atoms with van der Waals surface area (Å²) in [6, 6.07) is 7.88. The molecule has 4 rings (SSSR count). The highest BCUT2D eigenvalue weighted by atomic mass is 35.5. The van der Waals surface area contributed by atoms with E-state index in [0.29, 0.717) is 34.7 Å². The van der Waals surface area contributed by atoms with Crippen molar-refractivity contribution in [2.75, 3.05) is 11.4 Å². The Kier molecular flexibility index (Phi) is 4.55. The van der Waals surface area contributed by atoms with E-state index in [1.807, 2.05) is 28.8 Å². The molecule has 1 atom stereocenters. The van der Waals surface area contributed by atoms with Crippen molar-refractivity contribution in [1.82, 2.24) is 19.1 Å². The molecule has 1 unspecified atom stereocenters. The monoisotopic (exact) mass is 387 g/mol. The first-order valence-electron chi connectivity index (χ1n) is 9.17. The minimum absolute atomic E-state index is 0.316. The third-order valence-electron chi connectivity index (χ3n) is 5.33. The van der Waals surface area contributed by atoms with Gasteiger partial charge in [0.1, 0.15) is 0 Å². The molecule has 0 amide bonds. The summed E-state index contributed by atoms with van der Waals surface area (Å²) in [4.78, 5) is 34.0. The second kappa shape index (κ2) is 6.88. The predicted octanol–water partition coefficient (Wildman–Crippen LogP) is 2.50. The molecule has 7 nitrogen and oxygen atoms in total. The second-order valence-electron chi connectivity index (χ2n) is 7.12. The number of halogens is 1. The lowest BCUT2D eigenvalue weighted by Crippen LogP contribution is -2.39. The molecule has 1 aliphatic rings. The Morgan fingerprint density at radius 1 is 1.26 bits per heavy atom. The zero-order chi connectivity index (χ0) is 19.1. The van der Waals surface area contributed by atoms with Crippen molar-refractivity contribution in [2.24, 2.45) is 7.05 Å². The number of anilines is 1. The normalized spacial score (nSPS) is 17.6. The Labute approximate surface area is 161 Å². The Balaban J connectivity index is 1.97. The van der Waals surface area contributed by atoms with E-state index >= 15 is 0 Å². The molecular weight excluding hydrogens is 366 g/mol. The highest BCUT2D eigenvalue weighted by molar-refractivity contribution is 6.31. The van der Waals surface area contributed by atoms with Crippen LogP contribution in [0.5, 0.6) is 0 Å². The van der Waals surface area contributed by atoms with Crippen LogP contribution in [-0.2, 0) is 13.6 Å². The number of nitrogens with one attached hydrogen (secondary N) is 1. The molecule has 2 aromatic heterocycles.